The normalized spacial score (nSPS) is 11.4. The molecule has 0 fully saturated rings. The van der Waals surface area contributed by atoms with E-state index in [1.807, 2.05) is 0 Å². The van der Waals surface area contributed by atoms with Gasteiger partial charge in [-0.15, -0.1) is 0 Å². The van der Waals surface area contributed by atoms with Gasteiger partial charge in [0.2, 0.25) is 0 Å². The maximum Gasteiger partial charge on any atom is 0.320 e. The zero-order valence-electron chi connectivity index (χ0n) is 11.3. The van der Waals surface area contributed by atoms with E-state index in [1.165, 1.54) is 0 Å². The van der Waals surface area contributed by atoms with E-state index < -0.39 is 47.0 Å². The van der Waals surface area contributed by atoms with Crippen LogP contribution in [0.4, 0.5) is 0 Å². The molecule has 112 valence electrons. The second kappa shape index (κ2) is 7.87. The number of ether oxygens (including phenoxy) is 3. The van der Waals surface area contributed by atoms with Crippen LogP contribution in [0.5, 0.6) is 0 Å². The largest absolute Gasteiger partial charge is 0.468 e. The van der Waals surface area contributed by atoms with Gasteiger partial charge in [0.1, 0.15) is 0 Å². The van der Waals surface area contributed by atoms with Crippen molar-refractivity contribution in [3.8, 4) is 0 Å². The van der Waals surface area contributed by atoms with Crippen molar-refractivity contribution in [3.05, 3.63) is 22.4 Å². The number of hydrogen-bond donors (Lipinski definition) is 0. The van der Waals surface area contributed by atoms with Crippen LogP contribution in [-0.2, 0) is 28.6 Å². The Labute approximate surface area is 114 Å². The summed E-state index contributed by atoms with van der Waals surface area (Å²) in [6.45, 7) is 4.18. The highest BCUT2D eigenvalue weighted by atomic mass is 16.6. The zero-order chi connectivity index (χ0) is 15.9. The fraction of sp³-hybridized carbons (Fsp3) is 0.545. The molecule has 0 radical (unpaired) electrons. The van der Waals surface area contributed by atoms with E-state index in [2.05, 4.69) is 16.1 Å². The fourth-order valence-electron chi connectivity index (χ4n) is 1.36. The van der Waals surface area contributed by atoms with Crippen LogP contribution in [0.15, 0.2) is 12.3 Å². The van der Waals surface area contributed by atoms with E-state index in [9.17, 15) is 24.5 Å². The maximum atomic E-state index is 11.5. The number of esters is 3. The van der Waals surface area contributed by atoms with Crippen LogP contribution >= 0.6 is 0 Å². The standard InChI is InChI=1S/C11H15NO8/c1-6(12(16)17)9(20-7(2)13)5-8(10(14)18-3)11(15)19-4/h8-9H,1,5H2,2-4H3. The first kappa shape index (κ1) is 17.6. The summed E-state index contributed by atoms with van der Waals surface area (Å²) in [5, 5.41) is 10.7. The zero-order valence-corrected chi connectivity index (χ0v) is 11.3. The number of methoxy groups -OCH3 is 2. The summed E-state index contributed by atoms with van der Waals surface area (Å²) in [6, 6.07) is 0. The minimum Gasteiger partial charge on any atom is -0.468 e. The molecule has 0 bridgehead atoms. The number of rotatable bonds is 7. The number of carbonyl (C=O) groups excluding carboxylic acids is 3. The average Bonchev–Trinajstić information content (AvgIpc) is 2.40. The molecule has 0 rings (SSSR count). The highest BCUT2D eigenvalue weighted by molar-refractivity contribution is 5.94. The van der Waals surface area contributed by atoms with Crippen molar-refractivity contribution in [2.24, 2.45) is 5.92 Å². The molecule has 9 heteroatoms. The van der Waals surface area contributed by atoms with Crippen LogP contribution < -0.4 is 0 Å². The third-order valence-corrected chi connectivity index (χ3v) is 2.34. The Hall–Kier alpha value is -2.45. The van der Waals surface area contributed by atoms with E-state index in [1.54, 1.807) is 0 Å². The van der Waals surface area contributed by atoms with Gasteiger partial charge in [0, 0.05) is 13.3 Å². The van der Waals surface area contributed by atoms with Crippen LogP contribution in [0.3, 0.4) is 0 Å². The van der Waals surface area contributed by atoms with Gasteiger partial charge in [-0.25, -0.2) is 0 Å². The van der Waals surface area contributed by atoms with Crippen molar-refractivity contribution < 1.29 is 33.5 Å². The van der Waals surface area contributed by atoms with Crippen molar-refractivity contribution in [2.75, 3.05) is 14.2 Å². The molecule has 0 aliphatic rings. The summed E-state index contributed by atoms with van der Waals surface area (Å²) in [5.74, 6) is -4.17. The van der Waals surface area contributed by atoms with Gasteiger partial charge in [0.15, 0.2) is 12.0 Å². The van der Waals surface area contributed by atoms with E-state index in [-0.39, 0.29) is 0 Å². The molecule has 0 aliphatic carbocycles. The lowest BCUT2D eigenvalue weighted by Gasteiger charge is -2.18. The monoisotopic (exact) mass is 289 g/mol. The smallest absolute Gasteiger partial charge is 0.320 e. The summed E-state index contributed by atoms with van der Waals surface area (Å²) >= 11 is 0. The molecule has 0 aromatic rings. The highest BCUT2D eigenvalue weighted by Gasteiger charge is 2.37. The topological polar surface area (TPSA) is 122 Å². The lowest BCUT2D eigenvalue weighted by atomic mass is 10.00. The molecule has 0 heterocycles. The van der Waals surface area contributed by atoms with Gasteiger partial charge >= 0.3 is 17.9 Å². The second-order valence-electron chi connectivity index (χ2n) is 3.68. The minimum atomic E-state index is -1.45. The molecule has 0 N–H and O–H groups in total. The van der Waals surface area contributed by atoms with E-state index >= 15 is 0 Å². The third kappa shape index (κ3) is 5.04. The summed E-state index contributed by atoms with van der Waals surface area (Å²) < 4.78 is 13.5. The Balaban J connectivity index is 5.21. The molecule has 0 saturated carbocycles. The SMILES string of the molecule is C=C(C(CC(C(=O)OC)C(=O)OC)OC(C)=O)[N+](=O)[O-]. The molecule has 0 spiro atoms. The van der Waals surface area contributed by atoms with Gasteiger partial charge in [-0.1, -0.05) is 0 Å². The molecule has 0 aliphatic heterocycles. The third-order valence-electron chi connectivity index (χ3n) is 2.34. The van der Waals surface area contributed by atoms with E-state index in [0.717, 1.165) is 21.1 Å². The Morgan fingerprint density at radius 1 is 1.20 bits per heavy atom. The van der Waals surface area contributed by atoms with Crippen molar-refractivity contribution in [2.45, 2.75) is 19.4 Å². The van der Waals surface area contributed by atoms with E-state index in [4.69, 9.17) is 4.74 Å². The lowest BCUT2D eigenvalue weighted by molar-refractivity contribution is -0.435. The summed E-state index contributed by atoms with van der Waals surface area (Å²) in [6.07, 6.45) is -1.93. The van der Waals surface area contributed by atoms with Crippen LogP contribution in [0, 0.1) is 16.0 Å². The fourth-order valence-corrected chi connectivity index (χ4v) is 1.36. The van der Waals surface area contributed by atoms with Gasteiger partial charge < -0.3 is 14.2 Å². The van der Waals surface area contributed by atoms with Crippen LogP contribution in [0.1, 0.15) is 13.3 Å². The number of carbonyl (C=O) groups is 3. The second-order valence-corrected chi connectivity index (χ2v) is 3.68. The van der Waals surface area contributed by atoms with Gasteiger partial charge in [-0.3, -0.25) is 24.5 Å². The highest BCUT2D eigenvalue weighted by Crippen LogP contribution is 2.19. The first-order valence-corrected chi connectivity index (χ1v) is 5.40. The minimum absolute atomic E-state index is 0.487. The molecular formula is C11H15NO8. The molecule has 1 unspecified atom stereocenters. The van der Waals surface area contributed by atoms with Crippen molar-refractivity contribution in [1.29, 1.82) is 0 Å². The average molecular weight is 289 g/mol. The summed E-state index contributed by atoms with van der Waals surface area (Å²) in [5.41, 5.74) is -0.655. The van der Waals surface area contributed by atoms with Crippen molar-refractivity contribution in [3.63, 3.8) is 0 Å². The van der Waals surface area contributed by atoms with Crippen molar-refractivity contribution in [1.82, 2.24) is 0 Å². The molecule has 20 heavy (non-hydrogen) atoms. The van der Waals surface area contributed by atoms with Crippen LogP contribution in [0.2, 0.25) is 0 Å². The lowest BCUT2D eigenvalue weighted by Crippen LogP contribution is -2.34. The first-order chi connectivity index (χ1) is 9.24. The van der Waals surface area contributed by atoms with Gasteiger partial charge in [0.25, 0.3) is 5.70 Å². The van der Waals surface area contributed by atoms with Crippen LogP contribution in [0.25, 0.3) is 0 Å². The van der Waals surface area contributed by atoms with Gasteiger partial charge in [-0.2, -0.15) is 0 Å². The molecule has 0 saturated heterocycles. The number of nitrogens with zero attached hydrogens (tertiary/aromatic N) is 1. The number of hydrogen-bond acceptors (Lipinski definition) is 8. The molecular weight excluding hydrogens is 274 g/mol. The van der Waals surface area contributed by atoms with Gasteiger partial charge in [-0.05, 0) is 6.58 Å². The Kier molecular flexibility index (Phi) is 6.91. The van der Waals surface area contributed by atoms with Crippen LogP contribution in [-0.4, -0.2) is 43.2 Å². The molecule has 0 aromatic carbocycles. The first-order valence-electron chi connectivity index (χ1n) is 5.40. The molecule has 0 amide bonds. The molecule has 9 nitrogen and oxygen atoms in total. The number of nitro groups is 1. The Bertz CT molecular complexity index is 414. The quantitative estimate of drug-likeness (QED) is 0.212. The van der Waals surface area contributed by atoms with Gasteiger partial charge in [0.05, 0.1) is 19.1 Å². The molecule has 1 atom stereocenters. The summed E-state index contributed by atoms with van der Waals surface area (Å²) in [7, 11) is 2.09. The Morgan fingerprint density at radius 3 is 1.95 bits per heavy atom. The van der Waals surface area contributed by atoms with Crippen molar-refractivity contribution >= 4 is 17.9 Å². The summed E-state index contributed by atoms with van der Waals surface area (Å²) in [4.78, 5) is 43.7. The van der Waals surface area contributed by atoms with E-state index in [0.29, 0.717) is 0 Å². The predicted molar refractivity (Wildman–Crippen MR) is 63.8 cm³/mol. The molecule has 0 aromatic heterocycles. The maximum absolute atomic E-state index is 11.5. The Morgan fingerprint density at radius 2 is 1.65 bits per heavy atom. The predicted octanol–water partition coefficient (Wildman–Crippen LogP) is 0.0608.